The molecule has 0 bridgehead atoms. The first kappa shape index (κ1) is 18.8. The van der Waals surface area contributed by atoms with Gasteiger partial charge >= 0.3 is 0 Å². The minimum absolute atomic E-state index is 0.0266. The molecule has 1 unspecified atom stereocenters. The van der Waals surface area contributed by atoms with E-state index < -0.39 is 14.9 Å². The van der Waals surface area contributed by atoms with E-state index in [2.05, 4.69) is 6.58 Å². The lowest BCUT2D eigenvalue weighted by Gasteiger charge is -2.19. The smallest absolute Gasteiger partial charge is 0.269 e. The molecule has 1 aliphatic rings. The lowest BCUT2D eigenvalue weighted by Crippen LogP contribution is -2.27. The minimum atomic E-state index is -3.64. The van der Waals surface area contributed by atoms with Gasteiger partial charge in [0.25, 0.3) is 15.7 Å². The van der Waals surface area contributed by atoms with E-state index in [-0.39, 0.29) is 23.0 Å². The fraction of sp³-hybridized carbons (Fsp3) is 0.200. The van der Waals surface area contributed by atoms with Crippen LogP contribution in [0.3, 0.4) is 0 Å². The fourth-order valence-corrected chi connectivity index (χ4v) is 4.53. The Balaban J connectivity index is 1.84. The quantitative estimate of drug-likeness (QED) is 0.560. The predicted molar refractivity (Wildman–Crippen MR) is 104 cm³/mol. The van der Waals surface area contributed by atoms with Crippen molar-refractivity contribution in [2.45, 2.75) is 18.2 Å². The highest BCUT2D eigenvalue weighted by Crippen LogP contribution is 2.31. The molecule has 27 heavy (non-hydrogen) atoms. The maximum Gasteiger partial charge on any atom is 0.269 e. The van der Waals surface area contributed by atoms with Crippen LogP contribution in [0.4, 0.5) is 5.69 Å². The Labute approximate surface area is 158 Å². The summed E-state index contributed by atoms with van der Waals surface area (Å²) in [4.78, 5) is 10.8. The Kier molecular flexibility index (Phi) is 5.14. The number of benzene rings is 2. The molecule has 7 heteroatoms. The largest absolute Gasteiger partial charge is 0.272 e. The fourth-order valence-electron chi connectivity index (χ4n) is 3.14. The van der Waals surface area contributed by atoms with Crippen LogP contribution < -0.4 is 0 Å². The van der Waals surface area contributed by atoms with Crippen LogP contribution in [0.15, 0.2) is 77.9 Å². The molecule has 0 spiro atoms. The topological polar surface area (TPSA) is 80.5 Å². The van der Waals surface area contributed by atoms with Gasteiger partial charge in [-0.1, -0.05) is 42.5 Å². The van der Waals surface area contributed by atoms with E-state index in [0.29, 0.717) is 6.42 Å². The van der Waals surface area contributed by atoms with E-state index in [9.17, 15) is 18.5 Å². The zero-order chi connectivity index (χ0) is 19.6. The van der Waals surface area contributed by atoms with E-state index in [1.54, 1.807) is 42.6 Å². The van der Waals surface area contributed by atoms with E-state index in [0.717, 1.165) is 16.7 Å². The monoisotopic (exact) mass is 384 g/mol. The highest BCUT2D eigenvalue weighted by molar-refractivity contribution is 7.89. The van der Waals surface area contributed by atoms with Gasteiger partial charge in [-0.25, -0.2) is 8.42 Å². The van der Waals surface area contributed by atoms with Gasteiger partial charge in [0.2, 0.25) is 0 Å². The number of nitro benzene ring substituents is 1. The second kappa shape index (κ2) is 7.36. The first-order chi connectivity index (χ1) is 12.8. The summed E-state index contributed by atoms with van der Waals surface area (Å²) in [7, 11) is -3.64. The van der Waals surface area contributed by atoms with Crippen molar-refractivity contribution in [2.75, 3.05) is 6.54 Å². The summed E-state index contributed by atoms with van der Waals surface area (Å²) in [6, 6.07) is 13.1. The molecule has 0 fully saturated rings. The average molecular weight is 384 g/mol. The number of non-ortho nitro benzene ring substituents is 1. The third-order valence-corrected chi connectivity index (χ3v) is 6.37. The average Bonchev–Trinajstić information content (AvgIpc) is 3.06. The molecule has 0 N–H and O–H groups in total. The van der Waals surface area contributed by atoms with Crippen LogP contribution >= 0.6 is 0 Å². The molecule has 3 rings (SSSR count). The highest BCUT2D eigenvalue weighted by atomic mass is 32.2. The Bertz CT molecular complexity index is 1010. The SMILES string of the molecule is C=CC1=CN(S(=O)(=O)c2ccc(C)cc2)CC1Cc1cccc([N+](=O)[O-])c1. The van der Waals surface area contributed by atoms with Gasteiger partial charge in [0.1, 0.15) is 0 Å². The molecular weight excluding hydrogens is 364 g/mol. The number of sulfonamides is 1. The molecule has 1 aliphatic heterocycles. The minimum Gasteiger partial charge on any atom is -0.272 e. The van der Waals surface area contributed by atoms with Crippen LogP contribution in [0.1, 0.15) is 11.1 Å². The molecule has 0 aromatic heterocycles. The number of allylic oxidation sites excluding steroid dienone is 1. The number of rotatable bonds is 6. The first-order valence-electron chi connectivity index (χ1n) is 8.47. The molecular formula is C20H20N2O4S. The summed E-state index contributed by atoms with van der Waals surface area (Å²) in [5, 5.41) is 11.0. The normalized spacial score (nSPS) is 16.9. The van der Waals surface area contributed by atoms with Crippen molar-refractivity contribution >= 4 is 15.7 Å². The summed E-state index contributed by atoms with van der Waals surface area (Å²) in [6.07, 6.45) is 3.75. The van der Waals surface area contributed by atoms with Crippen molar-refractivity contribution in [3.05, 3.63) is 94.2 Å². The highest BCUT2D eigenvalue weighted by Gasteiger charge is 2.31. The third-order valence-electron chi connectivity index (χ3n) is 4.63. The zero-order valence-electron chi connectivity index (χ0n) is 14.9. The standard InChI is InChI=1S/C20H20N2O4S/c1-3-17-13-21(27(25,26)20-9-7-15(2)8-10-20)14-18(17)11-16-5-4-6-19(12-16)22(23)24/h3-10,12-13,18H,1,11,14H2,2H3. The number of nitrogens with zero attached hydrogens (tertiary/aromatic N) is 2. The van der Waals surface area contributed by atoms with Gasteiger partial charge in [0.15, 0.2) is 0 Å². The van der Waals surface area contributed by atoms with Crippen LogP contribution in [0, 0.1) is 23.0 Å². The second-order valence-electron chi connectivity index (χ2n) is 6.55. The third kappa shape index (κ3) is 3.93. The van der Waals surface area contributed by atoms with Crippen LogP contribution in [0.5, 0.6) is 0 Å². The summed E-state index contributed by atoms with van der Waals surface area (Å²) in [6.45, 7) is 5.96. The van der Waals surface area contributed by atoms with Crippen LogP contribution in [0.2, 0.25) is 0 Å². The van der Waals surface area contributed by atoms with Crippen molar-refractivity contribution < 1.29 is 13.3 Å². The van der Waals surface area contributed by atoms with Crippen molar-refractivity contribution in [3.63, 3.8) is 0 Å². The van der Waals surface area contributed by atoms with Gasteiger partial charge < -0.3 is 0 Å². The Hall–Kier alpha value is -2.93. The molecule has 2 aromatic rings. The lowest BCUT2D eigenvalue weighted by atomic mass is 9.94. The van der Waals surface area contributed by atoms with Crippen molar-refractivity contribution in [1.82, 2.24) is 4.31 Å². The van der Waals surface area contributed by atoms with Gasteiger partial charge in [-0.2, -0.15) is 0 Å². The molecule has 0 saturated carbocycles. The maximum atomic E-state index is 12.9. The first-order valence-corrected chi connectivity index (χ1v) is 9.91. The van der Waals surface area contributed by atoms with E-state index in [4.69, 9.17) is 0 Å². The molecule has 0 saturated heterocycles. The molecule has 6 nitrogen and oxygen atoms in total. The van der Waals surface area contributed by atoms with Crippen molar-refractivity contribution in [1.29, 1.82) is 0 Å². The molecule has 0 amide bonds. The van der Waals surface area contributed by atoms with Crippen LogP contribution in [-0.2, 0) is 16.4 Å². The van der Waals surface area contributed by atoms with Crippen LogP contribution in [0.25, 0.3) is 0 Å². The number of aryl methyl sites for hydroxylation is 1. The number of hydrogen-bond donors (Lipinski definition) is 0. The Morgan fingerprint density at radius 1 is 1.26 bits per heavy atom. The molecule has 1 heterocycles. The predicted octanol–water partition coefficient (Wildman–Crippen LogP) is 3.84. The lowest BCUT2D eigenvalue weighted by molar-refractivity contribution is -0.384. The maximum absolute atomic E-state index is 12.9. The van der Waals surface area contributed by atoms with E-state index >= 15 is 0 Å². The van der Waals surface area contributed by atoms with E-state index in [1.807, 2.05) is 13.0 Å². The van der Waals surface area contributed by atoms with Crippen molar-refractivity contribution in [3.8, 4) is 0 Å². The van der Waals surface area contributed by atoms with Crippen molar-refractivity contribution in [2.24, 2.45) is 5.92 Å². The Morgan fingerprint density at radius 2 is 1.96 bits per heavy atom. The molecule has 0 aliphatic carbocycles. The summed E-state index contributed by atoms with van der Waals surface area (Å²) >= 11 is 0. The van der Waals surface area contributed by atoms with Gasteiger partial charge in [0, 0.05) is 30.8 Å². The number of nitro groups is 1. The van der Waals surface area contributed by atoms with E-state index in [1.165, 1.54) is 16.4 Å². The molecule has 140 valence electrons. The Morgan fingerprint density at radius 3 is 2.59 bits per heavy atom. The molecule has 1 atom stereocenters. The van der Waals surface area contributed by atoms with Gasteiger partial charge in [0.05, 0.1) is 9.82 Å². The summed E-state index contributed by atoms with van der Waals surface area (Å²) in [5.41, 5.74) is 2.61. The van der Waals surface area contributed by atoms with Gasteiger partial charge in [-0.05, 0) is 36.6 Å². The molecule has 0 radical (unpaired) electrons. The van der Waals surface area contributed by atoms with Gasteiger partial charge in [-0.15, -0.1) is 0 Å². The summed E-state index contributed by atoms with van der Waals surface area (Å²) < 4.78 is 27.1. The van der Waals surface area contributed by atoms with Crippen LogP contribution in [-0.4, -0.2) is 24.2 Å². The molecule has 2 aromatic carbocycles. The zero-order valence-corrected chi connectivity index (χ0v) is 15.7. The second-order valence-corrected chi connectivity index (χ2v) is 8.44. The van der Waals surface area contributed by atoms with Gasteiger partial charge in [-0.3, -0.25) is 14.4 Å². The summed E-state index contributed by atoms with van der Waals surface area (Å²) in [5.74, 6) is -0.107. The number of hydrogen-bond acceptors (Lipinski definition) is 4.